The van der Waals surface area contributed by atoms with Crippen LogP contribution in [0.3, 0.4) is 0 Å². The fourth-order valence-corrected chi connectivity index (χ4v) is 1.77. The van der Waals surface area contributed by atoms with Gasteiger partial charge in [0.2, 0.25) is 0 Å². The molecule has 1 N–H and O–H groups in total. The molecule has 2 aromatic rings. The first kappa shape index (κ1) is 12.5. The van der Waals surface area contributed by atoms with Crippen LogP contribution in [0.2, 0.25) is 5.02 Å². The summed E-state index contributed by atoms with van der Waals surface area (Å²) in [7, 11) is 1.68. The first-order chi connectivity index (χ1) is 8.59. The molecule has 1 amide bonds. The molecule has 0 fully saturated rings. The Hall–Kier alpha value is -1.95. The molecule has 1 aromatic carbocycles. The van der Waals surface area contributed by atoms with Crippen molar-refractivity contribution in [1.82, 2.24) is 25.5 Å². The molecule has 0 spiro atoms. The highest BCUT2D eigenvalue weighted by atomic mass is 35.5. The van der Waals surface area contributed by atoms with Gasteiger partial charge in [-0.25, -0.2) is 0 Å². The molecule has 0 aliphatic rings. The molecule has 6 nitrogen and oxygen atoms in total. The first-order valence-electron chi connectivity index (χ1n) is 5.35. The van der Waals surface area contributed by atoms with Crippen molar-refractivity contribution in [2.75, 3.05) is 7.05 Å². The van der Waals surface area contributed by atoms with Gasteiger partial charge >= 0.3 is 0 Å². The van der Waals surface area contributed by atoms with E-state index >= 15 is 0 Å². The van der Waals surface area contributed by atoms with Crippen LogP contribution in [0.25, 0.3) is 0 Å². The van der Waals surface area contributed by atoms with Crippen molar-refractivity contribution in [2.45, 2.75) is 13.0 Å². The quantitative estimate of drug-likeness (QED) is 0.916. The molecule has 18 heavy (non-hydrogen) atoms. The van der Waals surface area contributed by atoms with E-state index in [-0.39, 0.29) is 17.8 Å². The molecule has 1 heterocycles. The third-order valence-corrected chi connectivity index (χ3v) is 3.00. The number of benzene rings is 1. The van der Waals surface area contributed by atoms with Crippen LogP contribution in [0.15, 0.2) is 24.3 Å². The lowest BCUT2D eigenvalue weighted by Gasteiger charge is -2.24. The Bertz CT molecular complexity index is 542. The molecule has 0 aliphatic heterocycles. The van der Waals surface area contributed by atoms with Gasteiger partial charge in [-0.15, -0.1) is 10.2 Å². The molecule has 94 valence electrons. The van der Waals surface area contributed by atoms with E-state index in [0.29, 0.717) is 5.02 Å². The number of nitrogens with zero attached hydrogens (tertiary/aromatic N) is 4. The fraction of sp³-hybridized carbons (Fsp3) is 0.273. The predicted molar refractivity (Wildman–Crippen MR) is 66.1 cm³/mol. The minimum atomic E-state index is -0.295. The van der Waals surface area contributed by atoms with E-state index < -0.39 is 0 Å². The number of tetrazole rings is 1. The van der Waals surface area contributed by atoms with Crippen LogP contribution in [0.4, 0.5) is 0 Å². The summed E-state index contributed by atoms with van der Waals surface area (Å²) in [6.07, 6.45) is 0. The molecular formula is C11H12ClN5O. The second kappa shape index (κ2) is 5.14. The topological polar surface area (TPSA) is 74.8 Å². The summed E-state index contributed by atoms with van der Waals surface area (Å²) in [5.41, 5.74) is 0.946. The second-order valence-corrected chi connectivity index (χ2v) is 4.32. The summed E-state index contributed by atoms with van der Waals surface area (Å²) < 4.78 is 0. The number of hydrogen-bond donors (Lipinski definition) is 1. The van der Waals surface area contributed by atoms with E-state index in [1.807, 2.05) is 25.1 Å². The van der Waals surface area contributed by atoms with E-state index in [0.717, 1.165) is 5.56 Å². The van der Waals surface area contributed by atoms with Gasteiger partial charge in [0.15, 0.2) is 0 Å². The lowest BCUT2D eigenvalue weighted by Crippen LogP contribution is -2.30. The van der Waals surface area contributed by atoms with Crippen molar-refractivity contribution < 1.29 is 4.79 Å². The van der Waals surface area contributed by atoms with Gasteiger partial charge in [0.25, 0.3) is 11.7 Å². The zero-order valence-corrected chi connectivity index (χ0v) is 10.7. The highest BCUT2D eigenvalue weighted by Gasteiger charge is 2.22. The lowest BCUT2D eigenvalue weighted by atomic mass is 10.1. The summed E-state index contributed by atoms with van der Waals surface area (Å²) in [6, 6.07) is 7.25. The maximum Gasteiger partial charge on any atom is 0.295 e. The van der Waals surface area contributed by atoms with Crippen LogP contribution >= 0.6 is 11.6 Å². The molecule has 1 unspecified atom stereocenters. The Kier molecular flexibility index (Phi) is 3.57. The fourth-order valence-electron chi connectivity index (χ4n) is 1.58. The van der Waals surface area contributed by atoms with Crippen LogP contribution in [-0.2, 0) is 0 Å². The van der Waals surface area contributed by atoms with Crippen LogP contribution < -0.4 is 0 Å². The van der Waals surface area contributed by atoms with Gasteiger partial charge in [-0.2, -0.15) is 5.21 Å². The number of amides is 1. The van der Waals surface area contributed by atoms with Crippen LogP contribution in [-0.4, -0.2) is 38.5 Å². The standard InChI is InChI=1S/C11H12ClN5O/c1-7(8-4-3-5-9(12)6-8)17(2)11(18)10-13-15-16-14-10/h3-7H,1-2H3,(H,13,14,15,16). The average Bonchev–Trinajstić information content (AvgIpc) is 2.90. The zero-order chi connectivity index (χ0) is 13.1. The van der Waals surface area contributed by atoms with Crippen molar-refractivity contribution in [2.24, 2.45) is 0 Å². The van der Waals surface area contributed by atoms with Gasteiger partial charge in [-0.3, -0.25) is 4.79 Å². The molecule has 2 rings (SSSR count). The number of aromatic nitrogens is 4. The number of halogens is 1. The van der Waals surface area contributed by atoms with Crippen molar-refractivity contribution in [3.05, 3.63) is 40.7 Å². The number of H-pyrrole nitrogens is 1. The van der Waals surface area contributed by atoms with E-state index in [1.165, 1.54) is 4.90 Å². The van der Waals surface area contributed by atoms with Crippen molar-refractivity contribution in [3.8, 4) is 0 Å². The van der Waals surface area contributed by atoms with E-state index in [2.05, 4.69) is 20.6 Å². The van der Waals surface area contributed by atoms with E-state index in [4.69, 9.17) is 11.6 Å². The Labute approximate surface area is 109 Å². The van der Waals surface area contributed by atoms with Gasteiger partial charge in [0, 0.05) is 12.1 Å². The third-order valence-electron chi connectivity index (χ3n) is 2.77. The number of hydrogen-bond acceptors (Lipinski definition) is 4. The smallest absolute Gasteiger partial charge is 0.295 e. The minimum absolute atomic E-state index is 0.0476. The van der Waals surface area contributed by atoms with Gasteiger partial charge in [0.05, 0.1) is 6.04 Å². The lowest BCUT2D eigenvalue weighted by molar-refractivity contribution is 0.0730. The Morgan fingerprint density at radius 1 is 1.50 bits per heavy atom. The summed E-state index contributed by atoms with van der Waals surface area (Å²) in [6.45, 7) is 1.91. The molecule has 0 saturated heterocycles. The normalized spacial score (nSPS) is 12.2. The summed E-state index contributed by atoms with van der Waals surface area (Å²) >= 11 is 5.93. The van der Waals surface area contributed by atoms with Crippen molar-refractivity contribution >= 4 is 17.5 Å². The van der Waals surface area contributed by atoms with Crippen LogP contribution in [0.1, 0.15) is 29.1 Å². The molecule has 0 bridgehead atoms. The monoisotopic (exact) mass is 265 g/mol. The molecule has 1 aromatic heterocycles. The molecular weight excluding hydrogens is 254 g/mol. The number of carbonyl (C=O) groups is 1. The number of nitrogens with one attached hydrogen (secondary N) is 1. The first-order valence-corrected chi connectivity index (χ1v) is 5.73. The number of aromatic amines is 1. The van der Waals surface area contributed by atoms with E-state index in [1.54, 1.807) is 13.1 Å². The molecule has 7 heteroatoms. The molecule has 1 atom stereocenters. The summed E-state index contributed by atoms with van der Waals surface area (Å²) in [5, 5.41) is 13.6. The van der Waals surface area contributed by atoms with Crippen molar-refractivity contribution in [1.29, 1.82) is 0 Å². The largest absolute Gasteiger partial charge is 0.332 e. The Morgan fingerprint density at radius 3 is 2.89 bits per heavy atom. The van der Waals surface area contributed by atoms with Crippen LogP contribution in [0.5, 0.6) is 0 Å². The highest BCUT2D eigenvalue weighted by molar-refractivity contribution is 6.30. The van der Waals surface area contributed by atoms with Crippen LogP contribution in [0, 0.1) is 0 Å². The summed E-state index contributed by atoms with van der Waals surface area (Å²) in [5.74, 6) is -0.248. The predicted octanol–water partition coefficient (Wildman–Crippen LogP) is 1.69. The average molecular weight is 266 g/mol. The number of rotatable bonds is 3. The molecule has 0 saturated carbocycles. The maximum atomic E-state index is 12.0. The zero-order valence-electron chi connectivity index (χ0n) is 9.96. The van der Waals surface area contributed by atoms with Crippen molar-refractivity contribution in [3.63, 3.8) is 0 Å². The highest BCUT2D eigenvalue weighted by Crippen LogP contribution is 2.22. The Balaban J connectivity index is 2.18. The third kappa shape index (κ3) is 2.48. The van der Waals surface area contributed by atoms with Gasteiger partial charge < -0.3 is 4.90 Å². The van der Waals surface area contributed by atoms with Gasteiger partial charge in [-0.05, 0) is 29.8 Å². The number of carbonyl (C=O) groups excluding carboxylic acids is 1. The second-order valence-electron chi connectivity index (χ2n) is 3.88. The van der Waals surface area contributed by atoms with E-state index in [9.17, 15) is 4.79 Å². The van der Waals surface area contributed by atoms with Gasteiger partial charge in [0.1, 0.15) is 0 Å². The Morgan fingerprint density at radius 2 is 2.28 bits per heavy atom. The summed E-state index contributed by atoms with van der Waals surface area (Å²) in [4.78, 5) is 13.6. The van der Waals surface area contributed by atoms with Gasteiger partial charge in [-0.1, -0.05) is 23.7 Å². The molecule has 0 radical (unpaired) electrons. The minimum Gasteiger partial charge on any atom is -0.332 e. The molecule has 0 aliphatic carbocycles. The SMILES string of the molecule is CC(c1cccc(Cl)c1)N(C)C(=O)c1nn[nH]n1. The maximum absolute atomic E-state index is 12.0.